The molecule has 1 fully saturated rings. The number of rotatable bonds is 6. The van der Waals surface area contributed by atoms with E-state index in [1.54, 1.807) is 48.7 Å². The minimum atomic E-state index is -0.841. The second kappa shape index (κ2) is 8.03. The predicted octanol–water partition coefficient (Wildman–Crippen LogP) is 0.303. The van der Waals surface area contributed by atoms with Crippen molar-refractivity contribution in [3.63, 3.8) is 0 Å². The standard InChI is InChI=1S/C23H26N4O4/c1-14-9-10-16(31-14)20-18(22(29)23(30)27(20)13-7-11-25(3)4)21(28)19-15(2)24-17-8-5-6-12-26(17)19/h5-6,8-10,12,20,28H,7,11,13H2,1-4H3. The van der Waals surface area contributed by atoms with E-state index in [1.807, 2.05) is 20.2 Å². The Morgan fingerprint density at radius 2 is 1.97 bits per heavy atom. The molecule has 8 nitrogen and oxygen atoms in total. The number of hydrogen-bond acceptors (Lipinski definition) is 5. The molecule has 162 valence electrons. The van der Waals surface area contributed by atoms with Gasteiger partial charge in [-0.15, -0.1) is 0 Å². The number of hydrogen-bond donors (Lipinski definition) is 1. The largest absolute Gasteiger partial charge is 0.871 e. The summed E-state index contributed by atoms with van der Waals surface area (Å²) < 4.78 is 7.45. The van der Waals surface area contributed by atoms with Crippen LogP contribution >= 0.6 is 0 Å². The summed E-state index contributed by atoms with van der Waals surface area (Å²) in [5.41, 5.74) is 1.33. The highest BCUT2D eigenvalue weighted by atomic mass is 16.3. The van der Waals surface area contributed by atoms with Crippen molar-refractivity contribution in [3.8, 4) is 0 Å². The van der Waals surface area contributed by atoms with Crippen molar-refractivity contribution >= 4 is 23.1 Å². The predicted molar refractivity (Wildman–Crippen MR) is 112 cm³/mol. The van der Waals surface area contributed by atoms with Crippen LogP contribution in [0.1, 0.15) is 35.4 Å². The Kier molecular flexibility index (Phi) is 5.41. The molecule has 4 rings (SSSR count). The maximum atomic E-state index is 13.7. The van der Waals surface area contributed by atoms with Gasteiger partial charge in [-0.3, -0.25) is 9.59 Å². The molecule has 1 unspecified atom stereocenters. The number of quaternary nitrogens is 1. The van der Waals surface area contributed by atoms with Crippen molar-refractivity contribution in [1.82, 2.24) is 14.3 Å². The van der Waals surface area contributed by atoms with E-state index >= 15 is 0 Å². The number of furan rings is 1. The lowest BCUT2D eigenvalue weighted by atomic mass is 10.0. The van der Waals surface area contributed by atoms with E-state index in [1.165, 1.54) is 9.80 Å². The average molecular weight is 422 g/mol. The van der Waals surface area contributed by atoms with Crippen LogP contribution in [0.15, 0.2) is 46.5 Å². The van der Waals surface area contributed by atoms with Gasteiger partial charge in [0.05, 0.1) is 32.0 Å². The first kappa shape index (κ1) is 20.9. The third-order valence-corrected chi connectivity index (χ3v) is 5.56. The maximum Gasteiger partial charge on any atom is 0.295 e. The molecule has 1 amide bonds. The van der Waals surface area contributed by atoms with Crippen molar-refractivity contribution in [3.05, 3.63) is 65.0 Å². The van der Waals surface area contributed by atoms with Gasteiger partial charge in [0, 0.05) is 24.7 Å². The summed E-state index contributed by atoms with van der Waals surface area (Å²) in [6.45, 7) is 4.71. The molecule has 1 aliphatic rings. The number of Topliss-reactive ketones (excluding diaryl/α,β-unsaturated/α-hetero) is 1. The molecule has 1 atom stereocenters. The Labute approximate surface area is 180 Å². The topological polar surface area (TPSA) is 95.3 Å². The fraction of sp³-hybridized carbons (Fsp3) is 0.348. The Balaban J connectivity index is 1.86. The number of imidazole rings is 1. The fourth-order valence-corrected chi connectivity index (χ4v) is 4.11. The molecule has 1 saturated heterocycles. The smallest absolute Gasteiger partial charge is 0.295 e. The second-order valence-corrected chi connectivity index (χ2v) is 8.21. The number of nitrogens with zero attached hydrogens (tertiary/aromatic N) is 3. The number of fused-ring (bicyclic) bond motifs is 1. The Bertz CT molecular complexity index is 1190. The number of nitrogens with one attached hydrogen (secondary N) is 1. The van der Waals surface area contributed by atoms with Crippen LogP contribution in [-0.2, 0) is 9.59 Å². The number of carbonyl (C=O) groups is 2. The molecule has 0 aliphatic carbocycles. The highest BCUT2D eigenvalue weighted by Crippen LogP contribution is 2.39. The minimum Gasteiger partial charge on any atom is -0.871 e. The molecule has 1 aliphatic heterocycles. The summed E-state index contributed by atoms with van der Waals surface area (Å²) in [4.78, 5) is 33.1. The molecule has 1 N–H and O–H groups in total. The van der Waals surface area contributed by atoms with Gasteiger partial charge < -0.3 is 23.7 Å². The minimum absolute atomic E-state index is 0.0784. The molecule has 0 bridgehead atoms. The SMILES string of the molecule is Cc1ccc(C2C(=C([O-])c3c(C)nc4ccccn34)C(=O)C(=O)N2CCC[NH+](C)C)o1. The molecular weight excluding hydrogens is 396 g/mol. The van der Waals surface area contributed by atoms with Gasteiger partial charge >= 0.3 is 0 Å². The Hall–Kier alpha value is -3.39. The van der Waals surface area contributed by atoms with E-state index in [2.05, 4.69) is 4.98 Å². The van der Waals surface area contributed by atoms with Gasteiger partial charge in [0.25, 0.3) is 5.91 Å². The monoisotopic (exact) mass is 422 g/mol. The summed E-state index contributed by atoms with van der Waals surface area (Å²) in [5.74, 6) is -0.857. The third-order valence-electron chi connectivity index (χ3n) is 5.56. The molecule has 3 aromatic heterocycles. The number of aromatic nitrogens is 2. The quantitative estimate of drug-likeness (QED) is 0.350. The first-order valence-corrected chi connectivity index (χ1v) is 10.4. The zero-order valence-corrected chi connectivity index (χ0v) is 18.1. The second-order valence-electron chi connectivity index (χ2n) is 8.21. The molecule has 3 aromatic rings. The van der Waals surface area contributed by atoms with E-state index in [-0.39, 0.29) is 5.57 Å². The third kappa shape index (κ3) is 3.63. The van der Waals surface area contributed by atoms with Gasteiger partial charge in [0.2, 0.25) is 5.78 Å². The van der Waals surface area contributed by atoms with Crippen molar-refractivity contribution in [2.24, 2.45) is 0 Å². The van der Waals surface area contributed by atoms with Gasteiger partial charge in [-0.25, -0.2) is 4.98 Å². The van der Waals surface area contributed by atoms with E-state index in [0.29, 0.717) is 41.5 Å². The summed E-state index contributed by atoms with van der Waals surface area (Å²) >= 11 is 0. The Morgan fingerprint density at radius 3 is 2.65 bits per heavy atom. The lowest BCUT2D eigenvalue weighted by Gasteiger charge is -2.25. The average Bonchev–Trinajstić information content (AvgIpc) is 3.36. The van der Waals surface area contributed by atoms with Crippen LogP contribution in [0.4, 0.5) is 0 Å². The van der Waals surface area contributed by atoms with E-state index in [0.717, 1.165) is 6.54 Å². The van der Waals surface area contributed by atoms with E-state index in [4.69, 9.17) is 4.42 Å². The number of aryl methyl sites for hydroxylation is 2. The van der Waals surface area contributed by atoms with Gasteiger partial charge in [0.1, 0.15) is 23.2 Å². The van der Waals surface area contributed by atoms with E-state index in [9.17, 15) is 14.7 Å². The lowest BCUT2D eigenvalue weighted by Crippen LogP contribution is -3.05. The first-order chi connectivity index (χ1) is 14.8. The number of amides is 1. The van der Waals surface area contributed by atoms with Crippen molar-refractivity contribution in [2.45, 2.75) is 26.3 Å². The van der Waals surface area contributed by atoms with Crippen molar-refractivity contribution in [2.75, 3.05) is 27.2 Å². The number of likely N-dealkylation sites (tertiary alicyclic amines) is 1. The molecule has 31 heavy (non-hydrogen) atoms. The normalized spacial score (nSPS) is 18.6. The summed E-state index contributed by atoms with van der Waals surface area (Å²) in [7, 11) is 4.05. The van der Waals surface area contributed by atoms with Gasteiger partial charge in [0.15, 0.2) is 0 Å². The number of ketones is 1. The summed E-state index contributed by atoms with van der Waals surface area (Å²) in [6, 6.07) is 8.07. The zero-order chi connectivity index (χ0) is 22.3. The summed E-state index contributed by atoms with van der Waals surface area (Å²) in [5, 5.41) is 13.7. The summed E-state index contributed by atoms with van der Waals surface area (Å²) in [6.07, 6.45) is 2.43. The first-order valence-electron chi connectivity index (χ1n) is 10.4. The number of carbonyl (C=O) groups excluding carboxylic acids is 2. The van der Waals surface area contributed by atoms with Gasteiger partial charge in [-0.05, 0) is 38.1 Å². The van der Waals surface area contributed by atoms with Gasteiger partial charge in [-0.2, -0.15) is 0 Å². The lowest BCUT2D eigenvalue weighted by molar-refractivity contribution is -0.858. The highest BCUT2D eigenvalue weighted by Gasteiger charge is 2.45. The molecular formula is C23H26N4O4. The van der Waals surface area contributed by atoms with E-state index < -0.39 is 23.5 Å². The fourth-order valence-electron chi connectivity index (χ4n) is 4.11. The Morgan fingerprint density at radius 1 is 1.19 bits per heavy atom. The molecule has 0 saturated carbocycles. The van der Waals surface area contributed by atoms with Crippen LogP contribution in [0, 0.1) is 13.8 Å². The highest BCUT2D eigenvalue weighted by molar-refractivity contribution is 6.46. The molecule has 0 radical (unpaired) electrons. The van der Waals surface area contributed by atoms with Crippen LogP contribution < -0.4 is 10.0 Å². The van der Waals surface area contributed by atoms with Crippen molar-refractivity contribution < 1.29 is 24.0 Å². The van der Waals surface area contributed by atoms with Crippen LogP contribution in [0.25, 0.3) is 11.4 Å². The molecule has 0 spiro atoms. The molecule has 4 heterocycles. The van der Waals surface area contributed by atoms with Crippen molar-refractivity contribution in [1.29, 1.82) is 0 Å². The van der Waals surface area contributed by atoms with Crippen LogP contribution in [-0.4, -0.2) is 53.2 Å². The van der Waals surface area contributed by atoms with Crippen LogP contribution in [0.2, 0.25) is 0 Å². The molecule has 0 aromatic carbocycles. The van der Waals surface area contributed by atoms with Gasteiger partial charge in [-0.1, -0.05) is 11.8 Å². The molecule has 8 heteroatoms. The maximum absolute atomic E-state index is 13.7. The van der Waals surface area contributed by atoms with Crippen LogP contribution in [0.3, 0.4) is 0 Å². The van der Waals surface area contributed by atoms with Crippen LogP contribution in [0.5, 0.6) is 0 Å². The number of pyridine rings is 1. The zero-order valence-electron chi connectivity index (χ0n) is 18.1.